The molecule has 0 saturated heterocycles. The largest absolute Gasteiger partial charge is 0.504 e. The van der Waals surface area contributed by atoms with Crippen molar-refractivity contribution in [2.45, 2.75) is 6.54 Å². The number of aliphatic hydroxyl groups is 1. The fraction of sp³-hybridized carbons (Fsp3) is 0.0714. The van der Waals surface area contributed by atoms with Gasteiger partial charge in [-0.05, 0) is 29.0 Å². The number of H-pyrrole nitrogens is 1. The highest BCUT2D eigenvalue weighted by Crippen LogP contribution is 2.08. The highest BCUT2D eigenvalue weighted by molar-refractivity contribution is 6.06. The monoisotopic (exact) mass is 314 g/mol. The van der Waals surface area contributed by atoms with Gasteiger partial charge in [0.1, 0.15) is 11.5 Å². The van der Waals surface area contributed by atoms with E-state index in [9.17, 15) is 14.3 Å². The molecule has 2 N–H and O–H groups in total. The SMILES string of the molecule is O=C(C=C(O)c1nn[nH]n1)c1ccn(Cc2ccc(F)cc2)n1. The molecule has 0 unspecified atom stereocenters. The van der Waals surface area contributed by atoms with E-state index in [0.717, 1.165) is 11.6 Å². The number of rotatable bonds is 5. The third-order valence-electron chi connectivity index (χ3n) is 2.99. The van der Waals surface area contributed by atoms with Crippen molar-refractivity contribution in [3.63, 3.8) is 0 Å². The normalized spacial score (nSPS) is 11.6. The van der Waals surface area contributed by atoms with Crippen LogP contribution >= 0.6 is 0 Å². The van der Waals surface area contributed by atoms with Crippen LogP contribution < -0.4 is 0 Å². The maximum atomic E-state index is 12.9. The summed E-state index contributed by atoms with van der Waals surface area (Å²) in [5.74, 6) is -1.29. The van der Waals surface area contributed by atoms with Crippen LogP contribution in [0.3, 0.4) is 0 Å². The maximum absolute atomic E-state index is 12.9. The molecule has 0 spiro atoms. The van der Waals surface area contributed by atoms with Crippen molar-refractivity contribution < 1.29 is 14.3 Å². The first-order chi connectivity index (χ1) is 11.1. The second-order valence-corrected chi connectivity index (χ2v) is 4.65. The number of tetrazole rings is 1. The van der Waals surface area contributed by atoms with Crippen LogP contribution in [0.1, 0.15) is 21.9 Å². The summed E-state index contributed by atoms with van der Waals surface area (Å²) in [6.45, 7) is 0.397. The Bertz CT molecular complexity index is 839. The molecule has 0 radical (unpaired) electrons. The summed E-state index contributed by atoms with van der Waals surface area (Å²) in [5.41, 5.74) is 1.00. The van der Waals surface area contributed by atoms with E-state index in [4.69, 9.17) is 0 Å². The third-order valence-corrected chi connectivity index (χ3v) is 2.99. The summed E-state index contributed by atoms with van der Waals surface area (Å²) < 4.78 is 14.4. The number of aliphatic hydroxyl groups excluding tert-OH is 1. The number of aromatic nitrogens is 6. The van der Waals surface area contributed by atoms with Gasteiger partial charge in [0.05, 0.1) is 6.54 Å². The predicted octanol–water partition coefficient (Wildman–Crippen LogP) is 1.37. The zero-order valence-corrected chi connectivity index (χ0v) is 11.7. The molecule has 0 atom stereocenters. The molecule has 0 aliphatic rings. The number of nitrogens with zero attached hydrogens (tertiary/aromatic N) is 5. The number of carbonyl (C=O) groups excluding carboxylic acids is 1. The molecule has 0 bridgehead atoms. The minimum Gasteiger partial charge on any atom is -0.504 e. The molecule has 3 aromatic rings. The minimum absolute atomic E-state index is 0.0795. The van der Waals surface area contributed by atoms with Crippen molar-refractivity contribution in [3.8, 4) is 0 Å². The highest BCUT2D eigenvalue weighted by atomic mass is 19.1. The molecular weight excluding hydrogens is 303 g/mol. The van der Waals surface area contributed by atoms with Crippen LogP contribution in [0.15, 0.2) is 42.6 Å². The zero-order chi connectivity index (χ0) is 16.2. The quantitative estimate of drug-likeness (QED) is 0.418. The molecule has 1 aromatic carbocycles. The molecule has 8 nitrogen and oxygen atoms in total. The van der Waals surface area contributed by atoms with Gasteiger partial charge in [-0.2, -0.15) is 10.3 Å². The van der Waals surface area contributed by atoms with Gasteiger partial charge in [-0.1, -0.05) is 12.1 Å². The number of hydrogen-bond donors (Lipinski definition) is 2. The number of hydrogen-bond acceptors (Lipinski definition) is 6. The van der Waals surface area contributed by atoms with Gasteiger partial charge in [-0.25, -0.2) is 4.39 Å². The molecule has 0 aliphatic carbocycles. The molecule has 116 valence electrons. The van der Waals surface area contributed by atoms with Gasteiger partial charge >= 0.3 is 0 Å². The van der Waals surface area contributed by atoms with Crippen LogP contribution in [-0.2, 0) is 6.54 Å². The first-order valence-corrected chi connectivity index (χ1v) is 6.58. The molecule has 0 fully saturated rings. The summed E-state index contributed by atoms with van der Waals surface area (Å²) in [7, 11) is 0. The smallest absolute Gasteiger partial charge is 0.239 e. The lowest BCUT2D eigenvalue weighted by molar-refractivity contribution is 0.104. The standard InChI is InChI=1S/C14H11FN6O2/c15-10-3-1-9(2-4-10)8-21-6-5-11(18-21)12(22)7-13(23)14-16-19-20-17-14/h1-7,23H,8H2,(H,16,17,19,20). The minimum atomic E-state index is -0.495. The van der Waals surface area contributed by atoms with E-state index in [0.29, 0.717) is 6.54 Å². The van der Waals surface area contributed by atoms with E-state index in [1.54, 1.807) is 23.0 Å². The van der Waals surface area contributed by atoms with Crippen LogP contribution in [0.4, 0.5) is 4.39 Å². The molecule has 0 aliphatic heterocycles. The van der Waals surface area contributed by atoms with Crippen molar-refractivity contribution in [2.24, 2.45) is 0 Å². The number of benzene rings is 1. The fourth-order valence-corrected chi connectivity index (χ4v) is 1.89. The lowest BCUT2D eigenvalue weighted by Crippen LogP contribution is -2.04. The van der Waals surface area contributed by atoms with Crippen LogP contribution in [0.5, 0.6) is 0 Å². The van der Waals surface area contributed by atoms with Gasteiger partial charge in [0, 0.05) is 12.3 Å². The first kappa shape index (κ1) is 14.6. The van der Waals surface area contributed by atoms with Crippen LogP contribution in [-0.4, -0.2) is 41.3 Å². The van der Waals surface area contributed by atoms with Crippen molar-refractivity contribution in [1.82, 2.24) is 30.4 Å². The van der Waals surface area contributed by atoms with Crippen molar-refractivity contribution in [3.05, 3.63) is 65.5 Å². The van der Waals surface area contributed by atoms with Crippen LogP contribution in [0.25, 0.3) is 5.76 Å². The molecule has 2 heterocycles. The Balaban J connectivity index is 1.72. The zero-order valence-electron chi connectivity index (χ0n) is 11.7. The Labute approximate surface area is 129 Å². The van der Waals surface area contributed by atoms with Gasteiger partial charge in [-0.15, -0.1) is 10.2 Å². The van der Waals surface area contributed by atoms with E-state index in [2.05, 4.69) is 25.7 Å². The van der Waals surface area contributed by atoms with Gasteiger partial charge in [0.15, 0.2) is 5.76 Å². The number of carbonyl (C=O) groups is 1. The highest BCUT2D eigenvalue weighted by Gasteiger charge is 2.12. The molecule has 0 amide bonds. The van der Waals surface area contributed by atoms with Gasteiger partial charge in [0.2, 0.25) is 11.6 Å². The lowest BCUT2D eigenvalue weighted by atomic mass is 10.2. The van der Waals surface area contributed by atoms with Gasteiger partial charge in [-0.3, -0.25) is 9.48 Å². The molecule has 2 aromatic heterocycles. The first-order valence-electron chi connectivity index (χ1n) is 6.58. The Hall–Kier alpha value is -3.36. The van der Waals surface area contributed by atoms with Crippen LogP contribution in [0, 0.1) is 5.82 Å². The average Bonchev–Trinajstić information content (AvgIpc) is 3.21. The Kier molecular flexibility index (Phi) is 3.91. The third kappa shape index (κ3) is 3.46. The van der Waals surface area contributed by atoms with Gasteiger partial charge in [0.25, 0.3) is 0 Å². The summed E-state index contributed by atoms with van der Waals surface area (Å²) in [5, 5.41) is 26.4. The van der Waals surface area contributed by atoms with E-state index in [1.807, 2.05) is 0 Å². The maximum Gasteiger partial charge on any atom is 0.239 e. The van der Waals surface area contributed by atoms with E-state index >= 15 is 0 Å². The summed E-state index contributed by atoms with van der Waals surface area (Å²) >= 11 is 0. The van der Waals surface area contributed by atoms with E-state index in [1.165, 1.54) is 18.2 Å². The van der Waals surface area contributed by atoms with Crippen LogP contribution in [0.2, 0.25) is 0 Å². The van der Waals surface area contributed by atoms with Crippen molar-refractivity contribution in [1.29, 1.82) is 0 Å². The Morgan fingerprint density at radius 2 is 2.09 bits per heavy atom. The second-order valence-electron chi connectivity index (χ2n) is 4.65. The molecule has 3 rings (SSSR count). The van der Waals surface area contributed by atoms with E-state index in [-0.39, 0.29) is 17.3 Å². The number of aromatic amines is 1. The number of nitrogens with one attached hydrogen (secondary N) is 1. The molecule has 0 saturated carbocycles. The van der Waals surface area contributed by atoms with E-state index < -0.39 is 11.5 Å². The molecule has 23 heavy (non-hydrogen) atoms. The molecule has 9 heteroatoms. The summed E-state index contributed by atoms with van der Waals surface area (Å²) in [6, 6.07) is 7.51. The predicted molar refractivity (Wildman–Crippen MR) is 76.8 cm³/mol. The van der Waals surface area contributed by atoms with Gasteiger partial charge < -0.3 is 5.11 Å². The Morgan fingerprint density at radius 3 is 2.78 bits per heavy atom. The second kappa shape index (κ2) is 6.18. The lowest BCUT2D eigenvalue weighted by Gasteiger charge is -2.01. The number of halogens is 1. The average molecular weight is 314 g/mol. The number of ketones is 1. The number of allylic oxidation sites excluding steroid dienone is 1. The van der Waals surface area contributed by atoms with Crippen molar-refractivity contribution >= 4 is 11.5 Å². The van der Waals surface area contributed by atoms with Crippen molar-refractivity contribution in [2.75, 3.05) is 0 Å². The molecular formula is C14H11FN6O2. The topological polar surface area (TPSA) is 110 Å². The Morgan fingerprint density at radius 1 is 1.30 bits per heavy atom. The fourth-order valence-electron chi connectivity index (χ4n) is 1.89. The summed E-state index contributed by atoms with van der Waals surface area (Å²) in [6.07, 6.45) is 2.59. The summed E-state index contributed by atoms with van der Waals surface area (Å²) in [4.78, 5) is 12.0.